The molecule has 0 aliphatic carbocycles. The minimum Gasteiger partial charge on any atom is -0.399 e. The van der Waals surface area contributed by atoms with Gasteiger partial charge in [-0.3, -0.25) is 9.36 Å². The molecule has 1 aromatic heterocycles. The van der Waals surface area contributed by atoms with Crippen LogP contribution in [0.1, 0.15) is 5.82 Å². The number of benzene rings is 2. The summed E-state index contributed by atoms with van der Waals surface area (Å²) in [5.41, 5.74) is 7.71. The summed E-state index contributed by atoms with van der Waals surface area (Å²) in [6.45, 7) is 1.82. The van der Waals surface area contributed by atoms with Gasteiger partial charge in [0.05, 0.1) is 16.6 Å². The lowest BCUT2D eigenvalue weighted by atomic mass is 10.2. The summed E-state index contributed by atoms with van der Waals surface area (Å²) in [6.07, 6.45) is 0. The van der Waals surface area contributed by atoms with Crippen LogP contribution in [0.3, 0.4) is 0 Å². The average Bonchev–Trinajstić information content (AvgIpc) is 2.39. The van der Waals surface area contributed by atoms with Gasteiger partial charge in [-0.25, -0.2) is 4.98 Å². The van der Waals surface area contributed by atoms with Crippen LogP contribution in [0.4, 0.5) is 5.69 Å². The topological polar surface area (TPSA) is 60.9 Å². The second-order valence-electron chi connectivity index (χ2n) is 4.41. The highest BCUT2D eigenvalue weighted by atomic mass is 16.1. The van der Waals surface area contributed by atoms with Gasteiger partial charge < -0.3 is 5.73 Å². The first kappa shape index (κ1) is 11.5. The van der Waals surface area contributed by atoms with Crippen molar-refractivity contribution in [1.29, 1.82) is 0 Å². The first-order valence-electron chi connectivity index (χ1n) is 6.01. The van der Waals surface area contributed by atoms with E-state index in [1.807, 2.05) is 37.3 Å². The molecule has 0 amide bonds. The number of fused-ring (bicyclic) bond motifs is 1. The Bertz CT molecular complexity index is 807. The molecule has 0 aliphatic heterocycles. The number of hydrogen-bond donors (Lipinski definition) is 1. The minimum absolute atomic E-state index is 0.0753. The maximum Gasteiger partial charge on any atom is 0.265 e. The van der Waals surface area contributed by atoms with Crippen molar-refractivity contribution in [2.24, 2.45) is 0 Å². The predicted molar refractivity (Wildman–Crippen MR) is 76.5 cm³/mol. The van der Waals surface area contributed by atoms with Crippen LogP contribution in [0.15, 0.2) is 53.3 Å². The van der Waals surface area contributed by atoms with Crippen molar-refractivity contribution >= 4 is 16.6 Å². The van der Waals surface area contributed by atoms with Crippen LogP contribution >= 0.6 is 0 Å². The summed E-state index contributed by atoms with van der Waals surface area (Å²) in [5, 5.41) is 0.573. The number of anilines is 1. The third kappa shape index (κ3) is 1.87. The highest BCUT2D eigenvalue weighted by Crippen LogP contribution is 2.14. The van der Waals surface area contributed by atoms with Gasteiger partial charge in [0.25, 0.3) is 5.56 Å². The van der Waals surface area contributed by atoms with Gasteiger partial charge in [-0.1, -0.05) is 18.2 Å². The van der Waals surface area contributed by atoms with Gasteiger partial charge in [-0.15, -0.1) is 0 Å². The summed E-state index contributed by atoms with van der Waals surface area (Å²) in [6, 6.07) is 14.6. The summed E-state index contributed by atoms with van der Waals surface area (Å²) >= 11 is 0. The average molecular weight is 251 g/mol. The van der Waals surface area contributed by atoms with Crippen molar-refractivity contribution in [2.75, 3.05) is 5.73 Å². The second-order valence-corrected chi connectivity index (χ2v) is 4.41. The number of aryl methyl sites for hydroxylation is 1. The van der Waals surface area contributed by atoms with E-state index in [1.165, 1.54) is 0 Å². The van der Waals surface area contributed by atoms with Gasteiger partial charge in [0.15, 0.2) is 0 Å². The number of nitrogens with two attached hydrogens (primary N) is 1. The van der Waals surface area contributed by atoms with Gasteiger partial charge in [0, 0.05) is 5.69 Å². The zero-order chi connectivity index (χ0) is 13.4. The molecule has 0 aliphatic rings. The SMILES string of the molecule is Cc1nc2cc(N)ccc2c(=O)n1-c1ccccc1. The third-order valence-corrected chi connectivity index (χ3v) is 3.08. The van der Waals surface area contributed by atoms with Gasteiger partial charge in [-0.05, 0) is 37.3 Å². The molecule has 1 heterocycles. The predicted octanol–water partition coefficient (Wildman–Crippen LogP) is 2.28. The maximum atomic E-state index is 12.5. The normalized spacial score (nSPS) is 10.8. The molecule has 19 heavy (non-hydrogen) atoms. The zero-order valence-electron chi connectivity index (χ0n) is 10.5. The number of hydrogen-bond acceptors (Lipinski definition) is 3. The molecule has 4 heteroatoms. The summed E-state index contributed by atoms with van der Waals surface area (Å²) in [4.78, 5) is 17.0. The lowest BCUT2D eigenvalue weighted by Crippen LogP contribution is -2.22. The fraction of sp³-hybridized carbons (Fsp3) is 0.0667. The molecule has 0 bridgehead atoms. The molecule has 0 saturated heterocycles. The van der Waals surface area contributed by atoms with Crippen LogP contribution in [0.5, 0.6) is 0 Å². The molecule has 4 nitrogen and oxygen atoms in total. The van der Waals surface area contributed by atoms with Crippen LogP contribution in [0, 0.1) is 6.92 Å². The molecule has 3 rings (SSSR count). The molecule has 0 fully saturated rings. The number of para-hydroxylation sites is 1. The molecule has 2 aromatic carbocycles. The standard InChI is InChI=1S/C15H13N3O/c1-10-17-14-9-11(16)7-8-13(14)15(19)18(10)12-5-3-2-4-6-12/h2-9H,16H2,1H3. The summed E-state index contributed by atoms with van der Waals surface area (Å²) in [5.74, 6) is 0.648. The van der Waals surface area contributed by atoms with Crippen LogP contribution < -0.4 is 11.3 Å². The Kier molecular flexibility index (Phi) is 2.56. The maximum absolute atomic E-state index is 12.5. The van der Waals surface area contributed by atoms with E-state index in [1.54, 1.807) is 22.8 Å². The smallest absolute Gasteiger partial charge is 0.265 e. The van der Waals surface area contributed by atoms with Gasteiger partial charge >= 0.3 is 0 Å². The van der Waals surface area contributed by atoms with Gasteiger partial charge in [-0.2, -0.15) is 0 Å². The van der Waals surface area contributed by atoms with E-state index in [4.69, 9.17) is 5.73 Å². The van der Waals surface area contributed by atoms with Crippen molar-refractivity contribution in [2.45, 2.75) is 6.92 Å². The summed E-state index contributed by atoms with van der Waals surface area (Å²) in [7, 11) is 0. The van der Waals surface area contributed by atoms with Gasteiger partial charge in [0.1, 0.15) is 5.82 Å². The van der Waals surface area contributed by atoms with E-state index in [2.05, 4.69) is 4.98 Å². The monoisotopic (exact) mass is 251 g/mol. The molecule has 0 spiro atoms. The van der Waals surface area contributed by atoms with Crippen LogP contribution in [-0.4, -0.2) is 9.55 Å². The fourth-order valence-electron chi connectivity index (χ4n) is 2.19. The molecular formula is C15H13N3O. The molecule has 94 valence electrons. The van der Waals surface area contributed by atoms with Crippen molar-refractivity contribution in [3.8, 4) is 5.69 Å². The van der Waals surface area contributed by atoms with E-state index in [-0.39, 0.29) is 5.56 Å². The molecule has 2 N–H and O–H groups in total. The van der Waals surface area contributed by atoms with E-state index in [9.17, 15) is 4.79 Å². The Labute approximate surface area is 110 Å². The van der Waals surface area contributed by atoms with Crippen molar-refractivity contribution < 1.29 is 0 Å². The van der Waals surface area contributed by atoms with Crippen LogP contribution in [0.25, 0.3) is 16.6 Å². The molecule has 0 atom stereocenters. The molecule has 0 unspecified atom stereocenters. The van der Waals surface area contributed by atoms with Crippen LogP contribution in [-0.2, 0) is 0 Å². The molecular weight excluding hydrogens is 238 g/mol. The third-order valence-electron chi connectivity index (χ3n) is 3.08. The lowest BCUT2D eigenvalue weighted by Gasteiger charge is -2.10. The van der Waals surface area contributed by atoms with Crippen molar-refractivity contribution in [3.63, 3.8) is 0 Å². The van der Waals surface area contributed by atoms with E-state index in [0.717, 1.165) is 5.69 Å². The Morgan fingerprint density at radius 2 is 1.84 bits per heavy atom. The van der Waals surface area contributed by atoms with Crippen molar-refractivity contribution in [1.82, 2.24) is 9.55 Å². The largest absolute Gasteiger partial charge is 0.399 e. The number of nitrogens with zero attached hydrogens (tertiary/aromatic N) is 2. The zero-order valence-corrected chi connectivity index (χ0v) is 10.5. The number of rotatable bonds is 1. The summed E-state index contributed by atoms with van der Waals surface area (Å²) < 4.78 is 1.61. The minimum atomic E-state index is -0.0753. The fourth-order valence-corrected chi connectivity index (χ4v) is 2.19. The quantitative estimate of drug-likeness (QED) is 0.675. The Balaban J connectivity index is 2.39. The number of aromatic nitrogens is 2. The van der Waals surface area contributed by atoms with Gasteiger partial charge in [0.2, 0.25) is 0 Å². The molecule has 3 aromatic rings. The Morgan fingerprint density at radius 3 is 2.58 bits per heavy atom. The van der Waals surface area contributed by atoms with Crippen molar-refractivity contribution in [3.05, 3.63) is 64.7 Å². The van der Waals surface area contributed by atoms with E-state index in [0.29, 0.717) is 22.4 Å². The first-order chi connectivity index (χ1) is 9.16. The lowest BCUT2D eigenvalue weighted by molar-refractivity contribution is 0.895. The molecule has 0 saturated carbocycles. The first-order valence-corrected chi connectivity index (χ1v) is 6.01. The highest BCUT2D eigenvalue weighted by Gasteiger charge is 2.09. The van der Waals surface area contributed by atoms with E-state index >= 15 is 0 Å². The Hall–Kier alpha value is -2.62. The highest BCUT2D eigenvalue weighted by molar-refractivity contribution is 5.81. The Morgan fingerprint density at radius 1 is 1.11 bits per heavy atom. The number of nitrogen functional groups attached to an aromatic ring is 1. The molecule has 0 radical (unpaired) electrons. The van der Waals surface area contributed by atoms with Crippen LogP contribution in [0.2, 0.25) is 0 Å². The second kappa shape index (κ2) is 4.24. The van der Waals surface area contributed by atoms with E-state index < -0.39 is 0 Å².